The standard InChI is InChI=1S/C14H9Cl2F3N2/c1-2-3-13(7-20,8-21)6-10-11(15)4-9(5-12(10)16)14(17,18)19/h2,4-5H,1,3,6H2. The molecule has 110 valence electrons. The zero-order valence-corrected chi connectivity index (χ0v) is 12.1. The normalized spacial score (nSPS) is 11.6. The van der Waals surface area contributed by atoms with Crippen molar-refractivity contribution in [2.24, 2.45) is 5.41 Å². The Morgan fingerprint density at radius 2 is 1.62 bits per heavy atom. The summed E-state index contributed by atoms with van der Waals surface area (Å²) in [5.74, 6) is 0. The van der Waals surface area contributed by atoms with Crippen LogP contribution in [0.25, 0.3) is 0 Å². The number of hydrogen-bond acceptors (Lipinski definition) is 2. The lowest BCUT2D eigenvalue weighted by Crippen LogP contribution is -2.19. The van der Waals surface area contributed by atoms with Crippen molar-refractivity contribution in [3.05, 3.63) is 46.0 Å². The predicted octanol–water partition coefficient (Wildman–Crippen LogP) is 5.16. The third kappa shape index (κ3) is 3.91. The number of rotatable bonds is 4. The molecule has 1 aromatic carbocycles. The van der Waals surface area contributed by atoms with E-state index < -0.39 is 17.2 Å². The fourth-order valence-electron chi connectivity index (χ4n) is 1.75. The first-order chi connectivity index (χ1) is 9.69. The SMILES string of the molecule is C=CCC(C#N)(C#N)Cc1c(Cl)cc(C(F)(F)F)cc1Cl. The molecule has 0 unspecified atom stereocenters. The van der Waals surface area contributed by atoms with Gasteiger partial charge in [0.1, 0.15) is 0 Å². The van der Waals surface area contributed by atoms with Crippen molar-refractivity contribution in [1.29, 1.82) is 10.5 Å². The Morgan fingerprint density at radius 3 is 1.95 bits per heavy atom. The monoisotopic (exact) mass is 332 g/mol. The molecule has 0 amide bonds. The van der Waals surface area contributed by atoms with Crippen LogP contribution in [0, 0.1) is 28.1 Å². The zero-order valence-electron chi connectivity index (χ0n) is 10.6. The van der Waals surface area contributed by atoms with Gasteiger partial charge in [-0.3, -0.25) is 0 Å². The molecule has 0 saturated carbocycles. The van der Waals surface area contributed by atoms with Gasteiger partial charge in [-0.2, -0.15) is 23.7 Å². The van der Waals surface area contributed by atoms with Crippen LogP contribution in [0.2, 0.25) is 10.0 Å². The smallest absolute Gasteiger partial charge is 0.197 e. The predicted molar refractivity (Wildman–Crippen MR) is 73.6 cm³/mol. The van der Waals surface area contributed by atoms with Crippen LogP contribution in [0.4, 0.5) is 13.2 Å². The number of alkyl halides is 3. The van der Waals surface area contributed by atoms with E-state index in [2.05, 4.69) is 6.58 Å². The molecule has 0 heterocycles. The maximum atomic E-state index is 12.6. The molecule has 0 atom stereocenters. The van der Waals surface area contributed by atoms with Crippen molar-refractivity contribution in [1.82, 2.24) is 0 Å². The summed E-state index contributed by atoms with van der Waals surface area (Å²) in [4.78, 5) is 0. The van der Waals surface area contributed by atoms with E-state index in [4.69, 9.17) is 33.7 Å². The van der Waals surface area contributed by atoms with Gasteiger partial charge >= 0.3 is 6.18 Å². The van der Waals surface area contributed by atoms with E-state index >= 15 is 0 Å². The summed E-state index contributed by atoms with van der Waals surface area (Å²) in [6, 6.07) is 5.15. The first-order valence-electron chi connectivity index (χ1n) is 5.67. The first-order valence-corrected chi connectivity index (χ1v) is 6.43. The lowest BCUT2D eigenvalue weighted by molar-refractivity contribution is -0.137. The Hall–Kier alpha value is -1.69. The number of allylic oxidation sites excluding steroid dienone is 1. The average molecular weight is 333 g/mol. The zero-order chi connectivity index (χ0) is 16.3. The molecule has 0 spiro atoms. The van der Waals surface area contributed by atoms with Gasteiger partial charge in [0, 0.05) is 16.5 Å². The van der Waals surface area contributed by atoms with E-state index in [1.807, 2.05) is 12.1 Å². The first kappa shape index (κ1) is 17.4. The number of nitriles is 2. The average Bonchev–Trinajstić information content (AvgIpc) is 2.40. The van der Waals surface area contributed by atoms with Crippen molar-refractivity contribution < 1.29 is 13.2 Å². The minimum Gasteiger partial charge on any atom is -0.197 e. The highest BCUT2D eigenvalue weighted by molar-refractivity contribution is 6.36. The largest absolute Gasteiger partial charge is 0.416 e. The van der Waals surface area contributed by atoms with Crippen LogP contribution in [-0.4, -0.2) is 0 Å². The van der Waals surface area contributed by atoms with Crippen LogP contribution in [0.3, 0.4) is 0 Å². The van der Waals surface area contributed by atoms with Gasteiger partial charge in [0.2, 0.25) is 0 Å². The van der Waals surface area contributed by atoms with Gasteiger partial charge in [-0.15, -0.1) is 6.58 Å². The fourth-order valence-corrected chi connectivity index (χ4v) is 2.37. The summed E-state index contributed by atoms with van der Waals surface area (Å²) in [6.07, 6.45) is -3.32. The summed E-state index contributed by atoms with van der Waals surface area (Å²) < 4.78 is 37.9. The van der Waals surface area contributed by atoms with Gasteiger partial charge in [0.05, 0.1) is 17.7 Å². The summed E-state index contributed by atoms with van der Waals surface area (Å²) in [6.45, 7) is 3.46. The molecule has 0 saturated heterocycles. The van der Waals surface area contributed by atoms with Gasteiger partial charge in [-0.05, 0) is 24.1 Å². The molecule has 1 aromatic rings. The van der Waals surface area contributed by atoms with Crippen LogP contribution in [0.5, 0.6) is 0 Å². The van der Waals surface area contributed by atoms with Crippen LogP contribution in [0.1, 0.15) is 17.5 Å². The minimum atomic E-state index is -4.57. The van der Waals surface area contributed by atoms with Crippen LogP contribution in [-0.2, 0) is 12.6 Å². The Morgan fingerprint density at radius 1 is 1.14 bits per heavy atom. The van der Waals surface area contributed by atoms with Gasteiger partial charge in [0.25, 0.3) is 0 Å². The molecule has 21 heavy (non-hydrogen) atoms. The van der Waals surface area contributed by atoms with Crippen molar-refractivity contribution in [2.75, 3.05) is 0 Å². The molecule has 0 radical (unpaired) electrons. The number of halogens is 5. The highest BCUT2D eigenvalue weighted by Crippen LogP contribution is 2.39. The lowest BCUT2D eigenvalue weighted by Gasteiger charge is -2.19. The van der Waals surface area contributed by atoms with Crippen LogP contribution < -0.4 is 0 Å². The minimum absolute atomic E-state index is 0.0493. The molecule has 0 aliphatic heterocycles. The molecule has 0 bridgehead atoms. The van der Waals surface area contributed by atoms with Gasteiger partial charge in [0.15, 0.2) is 5.41 Å². The summed E-state index contributed by atoms with van der Waals surface area (Å²) in [5.41, 5.74) is -2.31. The molecule has 0 aromatic heterocycles. The molecule has 0 aliphatic rings. The van der Waals surface area contributed by atoms with E-state index in [0.717, 1.165) is 12.1 Å². The molecule has 1 rings (SSSR count). The van der Waals surface area contributed by atoms with E-state index in [1.54, 1.807) is 0 Å². The Labute approximate surface area is 130 Å². The van der Waals surface area contributed by atoms with Crippen LogP contribution >= 0.6 is 23.2 Å². The maximum Gasteiger partial charge on any atom is 0.416 e. The molecular formula is C14H9Cl2F3N2. The maximum absolute atomic E-state index is 12.6. The van der Waals surface area contributed by atoms with Gasteiger partial charge in [-0.25, -0.2) is 0 Å². The molecule has 0 fully saturated rings. The second-order valence-electron chi connectivity index (χ2n) is 4.39. The van der Waals surface area contributed by atoms with Crippen molar-refractivity contribution in [3.63, 3.8) is 0 Å². The summed E-state index contributed by atoms with van der Waals surface area (Å²) in [5, 5.41) is 17.8. The van der Waals surface area contributed by atoms with Crippen molar-refractivity contribution in [2.45, 2.75) is 19.0 Å². The van der Waals surface area contributed by atoms with Crippen molar-refractivity contribution in [3.8, 4) is 12.1 Å². The van der Waals surface area contributed by atoms with E-state index in [0.29, 0.717) is 0 Å². The van der Waals surface area contributed by atoms with E-state index in [-0.39, 0.29) is 28.5 Å². The molecular weight excluding hydrogens is 324 g/mol. The third-order valence-corrected chi connectivity index (χ3v) is 3.54. The second kappa shape index (κ2) is 6.39. The molecule has 0 aliphatic carbocycles. The highest BCUT2D eigenvalue weighted by Gasteiger charge is 2.34. The van der Waals surface area contributed by atoms with Crippen molar-refractivity contribution >= 4 is 23.2 Å². The molecule has 7 heteroatoms. The molecule has 0 N–H and O–H groups in total. The fraction of sp³-hybridized carbons (Fsp3) is 0.286. The Balaban J connectivity index is 3.31. The Kier molecular flexibility index (Phi) is 5.28. The van der Waals surface area contributed by atoms with Gasteiger partial charge < -0.3 is 0 Å². The van der Waals surface area contributed by atoms with Crippen LogP contribution in [0.15, 0.2) is 24.8 Å². The second-order valence-corrected chi connectivity index (χ2v) is 5.21. The Bertz CT molecular complexity index is 602. The number of hydrogen-bond donors (Lipinski definition) is 0. The highest BCUT2D eigenvalue weighted by atomic mass is 35.5. The summed E-state index contributed by atoms with van der Waals surface area (Å²) in [7, 11) is 0. The number of nitrogens with zero attached hydrogens (tertiary/aromatic N) is 2. The third-order valence-electron chi connectivity index (χ3n) is 2.87. The topological polar surface area (TPSA) is 47.6 Å². The van der Waals surface area contributed by atoms with E-state index in [1.165, 1.54) is 6.08 Å². The van der Waals surface area contributed by atoms with E-state index in [9.17, 15) is 13.2 Å². The quantitative estimate of drug-likeness (QED) is 0.714. The summed E-state index contributed by atoms with van der Waals surface area (Å²) >= 11 is 11.7. The van der Waals surface area contributed by atoms with Gasteiger partial charge in [-0.1, -0.05) is 29.3 Å². The molecule has 2 nitrogen and oxygen atoms in total. The lowest BCUT2D eigenvalue weighted by atomic mass is 9.81. The number of benzene rings is 1.